The summed E-state index contributed by atoms with van der Waals surface area (Å²) in [4.78, 5) is 24.9. The summed E-state index contributed by atoms with van der Waals surface area (Å²) in [6.45, 7) is 5.82. The summed E-state index contributed by atoms with van der Waals surface area (Å²) in [6.07, 6.45) is 0. The monoisotopic (exact) mass is 330 g/mol. The quantitative estimate of drug-likeness (QED) is 0.892. The van der Waals surface area contributed by atoms with E-state index in [9.17, 15) is 9.59 Å². The van der Waals surface area contributed by atoms with E-state index in [0.29, 0.717) is 22.8 Å². The molecule has 2 heterocycles. The predicted molar refractivity (Wildman–Crippen MR) is 91.3 cm³/mol. The molecule has 0 unspecified atom stereocenters. The van der Waals surface area contributed by atoms with Crippen LogP contribution in [0.1, 0.15) is 41.6 Å². The summed E-state index contributed by atoms with van der Waals surface area (Å²) in [7, 11) is 0. The molecule has 6 heteroatoms. The molecule has 0 saturated heterocycles. The van der Waals surface area contributed by atoms with Crippen molar-refractivity contribution in [2.24, 2.45) is 0 Å². The van der Waals surface area contributed by atoms with Crippen LogP contribution in [0.4, 0.5) is 11.4 Å². The number of amides is 2. The largest absolute Gasteiger partial charge is 0.465 e. The topological polar surface area (TPSA) is 71.3 Å². The first-order valence-electron chi connectivity index (χ1n) is 7.42. The Hall–Kier alpha value is -2.21. The maximum absolute atomic E-state index is 12.4. The third-order valence-electron chi connectivity index (χ3n) is 3.62. The zero-order valence-corrected chi connectivity index (χ0v) is 14.0. The number of fused-ring (bicyclic) bond motifs is 1. The van der Waals surface area contributed by atoms with Crippen molar-refractivity contribution in [2.45, 2.75) is 31.6 Å². The second-order valence-corrected chi connectivity index (χ2v) is 6.79. The van der Waals surface area contributed by atoms with Crippen molar-refractivity contribution in [3.05, 3.63) is 41.3 Å². The van der Waals surface area contributed by atoms with Gasteiger partial charge in [-0.2, -0.15) is 0 Å². The number of hydrogen-bond acceptors (Lipinski definition) is 4. The highest BCUT2D eigenvalue weighted by Crippen LogP contribution is 2.33. The molecule has 120 valence electrons. The molecule has 1 aromatic heterocycles. The molecule has 0 atom stereocenters. The van der Waals surface area contributed by atoms with Crippen molar-refractivity contribution in [3.8, 4) is 0 Å². The van der Waals surface area contributed by atoms with Gasteiger partial charge in [-0.3, -0.25) is 9.59 Å². The first-order valence-corrected chi connectivity index (χ1v) is 8.41. The molecule has 2 aromatic rings. The highest BCUT2D eigenvalue weighted by atomic mass is 32.2. The molecule has 0 spiro atoms. The van der Waals surface area contributed by atoms with Crippen molar-refractivity contribution in [3.63, 3.8) is 0 Å². The molecule has 0 fully saturated rings. The SMILES string of the molecule is Cc1oc(C(C)C)cc1C(=O)Nc1ccc2c(c1)NC(=O)CS2. The van der Waals surface area contributed by atoms with Gasteiger partial charge in [0.1, 0.15) is 11.5 Å². The normalized spacial score (nSPS) is 13.7. The predicted octanol–water partition coefficient (Wildman–Crippen LogP) is 4.01. The average Bonchev–Trinajstić information content (AvgIpc) is 2.89. The zero-order valence-electron chi connectivity index (χ0n) is 13.2. The Labute approximate surface area is 138 Å². The molecule has 5 nitrogen and oxygen atoms in total. The minimum absolute atomic E-state index is 0.0294. The van der Waals surface area contributed by atoms with Crippen LogP contribution in [0.5, 0.6) is 0 Å². The van der Waals surface area contributed by atoms with E-state index < -0.39 is 0 Å². The number of benzene rings is 1. The van der Waals surface area contributed by atoms with Crippen LogP contribution >= 0.6 is 11.8 Å². The molecule has 0 radical (unpaired) electrons. The molecular weight excluding hydrogens is 312 g/mol. The molecule has 0 bridgehead atoms. The molecule has 3 rings (SSSR count). The molecule has 2 amide bonds. The van der Waals surface area contributed by atoms with Crippen LogP contribution in [0.15, 0.2) is 33.6 Å². The highest BCUT2D eigenvalue weighted by Gasteiger charge is 2.19. The van der Waals surface area contributed by atoms with Gasteiger partial charge in [-0.25, -0.2) is 0 Å². The lowest BCUT2D eigenvalue weighted by molar-refractivity contribution is -0.113. The summed E-state index contributed by atoms with van der Waals surface area (Å²) < 4.78 is 5.62. The van der Waals surface area contributed by atoms with Crippen molar-refractivity contribution >= 4 is 35.0 Å². The molecule has 2 N–H and O–H groups in total. The number of furan rings is 1. The van der Waals surface area contributed by atoms with Crippen molar-refractivity contribution in [1.29, 1.82) is 0 Å². The van der Waals surface area contributed by atoms with Gasteiger partial charge in [0.2, 0.25) is 5.91 Å². The van der Waals surface area contributed by atoms with Crippen molar-refractivity contribution in [1.82, 2.24) is 0 Å². The van der Waals surface area contributed by atoms with Gasteiger partial charge in [0, 0.05) is 16.5 Å². The summed E-state index contributed by atoms with van der Waals surface area (Å²) in [5, 5.41) is 5.67. The lowest BCUT2D eigenvalue weighted by atomic mass is 10.1. The number of aryl methyl sites for hydroxylation is 1. The fourth-order valence-electron chi connectivity index (χ4n) is 2.37. The Bertz CT molecular complexity index is 780. The van der Waals surface area contributed by atoms with Gasteiger partial charge in [-0.1, -0.05) is 13.8 Å². The van der Waals surface area contributed by atoms with Gasteiger partial charge in [0.05, 0.1) is 17.0 Å². The third-order valence-corrected chi connectivity index (χ3v) is 4.69. The molecular formula is C17H18N2O3S. The maximum Gasteiger partial charge on any atom is 0.259 e. The van der Waals surface area contributed by atoms with Gasteiger partial charge in [-0.15, -0.1) is 11.8 Å². The van der Waals surface area contributed by atoms with E-state index in [0.717, 1.165) is 16.3 Å². The first kappa shape index (κ1) is 15.7. The summed E-state index contributed by atoms with van der Waals surface area (Å²) >= 11 is 1.49. The van der Waals surface area contributed by atoms with Crippen LogP contribution in [-0.4, -0.2) is 17.6 Å². The van der Waals surface area contributed by atoms with Gasteiger partial charge < -0.3 is 15.1 Å². The summed E-state index contributed by atoms with van der Waals surface area (Å²) in [5.74, 6) is 1.80. The van der Waals surface area contributed by atoms with Crippen LogP contribution in [0, 0.1) is 6.92 Å². The number of carbonyl (C=O) groups is 2. The van der Waals surface area contributed by atoms with Gasteiger partial charge in [0.15, 0.2) is 0 Å². The van der Waals surface area contributed by atoms with Crippen LogP contribution in [-0.2, 0) is 4.79 Å². The molecule has 0 saturated carbocycles. The van der Waals surface area contributed by atoms with Gasteiger partial charge in [-0.05, 0) is 31.2 Å². The fourth-order valence-corrected chi connectivity index (χ4v) is 3.16. The number of rotatable bonds is 3. The smallest absolute Gasteiger partial charge is 0.259 e. The van der Waals surface area contributed by atoms with E-state index in [2.05, 4.69) is 10.6 Å². The lowest BCUT2D eigenvalue weighted by Gasteiger charge is -2.17. The second kappa shape index (κ2) is 6.12. The molecule has 1 aliphatic rings. The number of nitrogens with one attached hydrogen (secondary N) is 2. The Morgan fingerprint density at radius 1 is 1.35 bits per heavy atom. The van der Waals surface area contributed by atoms with Gasteiger partial charge in [0.25, 0.3) is 5.91 Å². The number of thioether (sulfide) groups is 1. The van der Waals surface area contributed by atoms with E-state index in [4.69, 9.17) is 4.42 Å². The zero-order chi connectivity index (χ0) is 16.6. The molecule has 1 aromatic carbocycles. The van der Waals surface area contributed by atoms with E-state index in [1.54, 1.807) is 19.1 Å². The van der Waals surface area contributed by atoms with E-state index in [1.807, 2.05) is 26.0 Å². The van der Waals surface area contributed by atoms with E-state index >= 15 is 0 Å². The summed E-state index contributed by atoms with van der Waals surface area (Å²) in [6, 6.07) is 7.29. The number of hydrogen-bond donors (Lipinski definition) is 2. The molecule has 1 aliphatic heterocycles. The Kier molecular flexibility index (Phi) is 4.17. The first-order chi connectivity index (χ1) is 10.9. The van der Waals surface area contributed by atoms with E-state index in [1.165, 1.54) is 11.8 Å². The number of anilines is 2. The van der Waals surface area contributed by atoms with Crippen LogP contribution in [0.25, 0.3) is 0 Å². The molecule has 0 aliphatic carbocycles. The average molecular weight is 330 g/mol. The number of carbonyl (C=O) groups excluding carboxylic acids is 2. The fraction of sp³-hybridized carbons (Fsp3) is 0.294. The summed E-state index contributed by atoms with van der Waals surface area (Å²) in [5.41, 5.74) is 1.91. The lowest BCUT2D eigenvalue weighted by Crippen LogP contribution is -2.19. The van der Waals surface area contributed by atoms with Crippen molar-refractivity contribution < 1.29 is 14.0 Å². The molecule has 23 heavy (non-hydrogen) atoms. The Morgan fingerprint density at radius 3 is 2.83 bits per heavy atom. The van der Waals surface area contributed by atoms with Crippen LogP contribution in [0.2, 0.25) is 0 Å². The van der Waals surface area contributed by atoms with Gasteiger partial charge >= 0.3 is 0 Å². The van der Waals surface area contributed by atoms with Crippen LogP contribution in [0.3, 0.4) is 0 Å². The Balaban J connectivity index is 1.80. The minimum Gasteiger partial charge on any atom is -0.465 e. The van der Waals surface area contributed by atoms with Crippen LogP contribution < -0.4 is 10.6 Å². The minimum atomic E-state index is -0.215. The second-order valence-electron chi connectivity index (χ2n) is 5.78. The van der Waals surface area contributed by atoms with E-state index in [-0.39, 0.29) is 17.7 Å². The standard InChI is InChI=1S/C17H18N2O3S/c1-9(2)14-7-12(10(3)22-14)17(21)18-11-4-5-15-13(6-11)19-16(20)8-23-15/h4-7,9H,8H2,1-3H3,(H,18,21)(H,19,20). The van der Waals surface area contributed by atoms with Crippen molar-refractivity contribution in [2.75, 3.05) is 16.4 Å². The third kappa shape index (κ3) is 3.27. The Morgan fingerprint density at radius 2 is 2.13 bits per heavy atom. The highest BCUT2D eigenvalue weighted by molar-refractivity contribution is 8.00. The maximum atomic E-state index is 12.4.